The molecule has 0 aromatic heterocycles. The van der Waals surface area contributed by atoms with E-state index in [1.165, 1.54) is 4.90 Å². The highest BCUT2D eigenvalue weighted by atomic mass is 16.4. The average molecular weight is 221 g/mol. The average Bonchev–Trinajstić information content (AvgIpc) is 2.29. The van der Waals surface area contributed by atoms with E-state index in [9.17, 15) is 9.90 Å². The Morgan fingerprint density at radius 1 is 1.31 bits per heavy atom. The highest BCUT2D eigenvalue weighted by molar-refractivity contribution is 5.66. The zero-order chi connectivity index (χ0) is 11.5. The first-order chi connectivity index (χ1) is 7.70. The molecule has 4 nitrogen and oxygen atoms in total. The molecule has 1 amide bonds. The van der Waals surface area contributed by atoms with Crippen LogP contribution in [0.3, 0.4) is 0 Å². The monoisotopic (exact) mass is 221 g/mol. The summed E-state index contributed by atoms with van der Waals surface area (Å²) < 4.78 is 0. The number of hydrogen-bond acceptors (Lipinski definition) is 2. The zero-order valence-electron chi connectivity index (χ0n) is 8.91. The summed E-state index contributed by atoms with van der Waals surface area (Å²) in [6.07, 6.45) is -0.194. The van der Waals surface area contributed by atoms with Gasteiger partial charge in [-0.1, -0.05) is 30.3 Å². The van der Waals surface area contributed by atoms with Crippen molar-refractivity contribution in [2.45, 2.75) is 25.0 Å². The Morgan fingerprint density at radius 3 is 2.62 bits per heavy atom. The highest BCUT2D eigenvalue weighted by Gasteiger charge is 2.34. The van der Waals surface area contributed by atoms with Gasteiger partial charge in [0.25, 0.3) is 0 Å². The fourth-order valence-corrected chi connectivity index (χ4v) is 2.24. The van der Waals surface area contributed by atoms with Crippen molar-refractivity contribution in [3.63, 3.8) is 0 Å². The minimum Gasteiger partial charge on any atom is -0.465 e. The lowest BCUT2D eigenvalue weighted by Gasteiger charge is -2.37. The lowest BCUT2D eigenvalue weighted by Crippen LogP contribution is -2.44. The number of likely N-dealkylation sites (tertiary alicyclic amines) is 1. The standard InChI is InChI=1S/C12H15NO3/c14-10-7-4-8-13(12(15)16)11(10)9-5-2-1-3-6-9/h1-3,5-6,10-11,14H,4,7-8H2,(H,15,16). The van der Waals surface area contributed by atoms with Crippen LogP contribution >= 0.6 is 0 Å². The third kappa shape index (κ3) is 2.02. The van der Waals surface area contributed by atoms with Gasteiger partial charge in [0.2, 0.25) is 0 Å². The van der Waals surface area contributed by atoms with E-state index in [2.05, 4.69) is 0 Å². The maximum atomic E-state index is 11.1. The first-order valence-corrected chi connectivity index (χ1v) is 5.42. The molecule has 86 valence electrons. The van der Waals surface area contributed by atoms with Crippen LogP contribution in [0.4, 0.5) is 4.79 Å². The first-order valence-electron chi connectivity index (χ1n) is 5.42. The van der Waals surface area contributed by atoms with Gasteiger partial charge in [0.15, 0.2) is 0 Å². The van der Waals surface area contributed by atoms with Gasteiger partial charge in [-0.15, -0.1) is 0 Å². The van der Waals surface area contributed by atoms with Crippen LogP contribution < -0.4 is 0 Å². The molecule has 1 aliphatic rings. The van der Waals surface area contributed by atoms with Gasteiger partial charge in [-0.25, -0.2) is 4.79 Å². The molecule has 1 saturated heterocycles. The molecule has 1 fully saturated rings. The summed E-state index contributed by atoms with van der Waals surface area (Å²) in [6.45, 7) is 0.492. The second kappa shape index (κ2) is 4.53. The van der Waals surface area contributed by atoms with Crippen molar-refractivity contribution in [2.75, 3.05) is 6.54 Å². The minimum absolute atomic E-state index is 0.424. The number of carboxylic acid groups (broad SMARTS) is 1. The van der Waals surface area contributed by atoms with E-state index in [0.717, 1.165) is 12.0 Å². The van der Waals surface area contributed by atoms with Gasteiger partial charge in [-0.2, -0.15) is 0 Å². The summed E-state index contributed by atoms with van der Waals surface area (Å²) >= 11 is 0. The highest BCUT2D eigenvalue weighted by Crippen LogP contribution is 2.30. The number of nitrogens with zero attached hydrogens (tertiary/aromatic N) is 1. The summed E-state index contributed by atoms with van der Waals surface area (Å²) in [4.78, 5) is 12.4. The number of amides is 1. The van der Waals surface area contributed by atoms with Gasteiger partial charge in [-0.05, 0) is 18.4 Å². The lowest BCUT2D eigenvalue weighted by molar-refractivity contribution is 0.0152. The Labute approximate surface area is 94.1 Å². The molecule has 0 spiro atoms. The van der Waals surface area contributed by atoms with Crippen molar-refractivity contribution in [3.8, 4) is 0 Å². The molecule has 1 aliphatic heterocycles. The maximum Gasteiger partial charge on any atom is 0.407 e. The van der Waals surface area contributed by atoms with Crippen LogP contribution in [0.2, 0.25) is 0 Å². The van der Waals surface area contributed by atoms with E-state index in [-0.39, 0.29) is 0 Å². The Balaban J connectivity index is 2.30. The second-order valence-electron chi connectivity index (χ2n) is 4.04. The van der Waals surface area contributed by atoms with E-state index >= 15 is 0 Å². The van der Waals surface area contributed by atoms with Crippen molar-refractivity contribution < 1.29 is 15.0 Å². The van der Waals surface area contributed by atoms with E-state index in [1.807, 2.05) is 30.3 Å². The molecule has 1 aromatic rings. The molecule has 0 radical (unpaired) electrons. The van der Waals surface area contributed by atoms with Crippen LogP contribution in [-0.2, 0) is 0 Å². The Kier molecular flexibility index (Phi) is 3.10. The van der Waals surface area contributed by atoms with Crippen LogP contribution in [0.5, 0.6) is 0 Å². The fourth-order valence-electron chi connectivity index (χ4n) is 2.24. The van der Waals surface area contributed by atoms with Crippen molar-refractivity contribution in [2.24, 2.45) is 0 Å². The second-order valence-corrected chi connectivity index (χ2v) is 4.04. The van der Waals surface area contributed by atoms with Gasteiger partial charge in [0, 0.05) is 6.54 Å². The number of rotatable bonds is 1. The largest absolute Gasteiger partial charge is 0.465 e. The molecule has 0 saturated carbocycles. The molecule has 2 rings (SSSR count). The van der Waals surface area contributed by atoms with Crippen molar-refractivity contribution in [3.05, 3.63) is 35.9 Å². The Bertz CT molecular complexity index is 366. The van der Waals surface area contributed by atoms with Crippen molar-refractivity contribution in [1.82, 2.24) is 4.90 Å². The summed E-state index contributed by atoms with van der Waals surface area (Å²) in [6, 6.07) is 8.88. The minimum atomic E-state index is -0.965. The van der Waals surface area contributed by atoms with E-state index in [1.54, 1.807) is 0 Å². The van der Waals surface area contributed by atoms with Crippen LogP contribution in [0, 0.1) is 0 Å². The third-order valence-electron chi connectivity index (χ3n) is 2.99. The van der Waals surface area contributed by atoms with Gasteiger partial charge >= 0.3 is 6.09 Å². The molecule has 1 heterocycles. The Hall–Kier alpha value is -1.55. The summed E-state index contributed by atoms with van der Waals surface area (Å²) in [5, 5.41) is 19.0. The number of hydrogen-bond donors (Lipinski definition) is 2. The van der Waals surface area contributed by atoms with Gasteiger partial charge in [0.1, 0.15) is 0 Å². The molecule has 2 atom stereocenters. The van der Waals surface area contributed by atoms with Crippen LogP contribution in [-0.4, -0.2) is 33.9 Å². The molecule has 2 N–H and O–H groups in total. The number of aliphatic hydroxyl groups excluding tert-OH is 1. The number of carbonyl (C=O) groups is 1. The molecule has 16 heavy (non-hydrogen) atoms. The predicted octanol–water partition coefficient (Wildman–Crippen LogP) is 1.86. The van der Waals surface area contributed by atoms with Crippen LogP contribution in [0.15, 0.2) is 30.3 Å². The molecule has 1 aromatic carbocycles. The molecular weight excluding hydrogens is 206 g/mol. The van der Waals surface area contributed by atoms with Crippen LogP contribution in [0.1, 0.15) is 24.4 Å². The van der Waals surface area contributed by atoms with Gasteiger partial charge < -0.3 is 10.2 Å². The summed E-state index contributed by atoms with van der Waals surface area (Å²) in [5.41, 5.74) is 0.858. The first kappa shape index (κ1) is 11.0. The molecule has 0 bridgehead atoms. The topological polar surface area (TPSA) is 60.8 Å². The molecule has 4 heteroatoms. The van der Waals surface area contributed by atoms with E-state index in [0.29, 0.717) is 13.0 Å². The molecule has 0 aliphatic carbocycles. The maximum absolute atomic E-state index is 11.1. The van der Waals surface area contributed by atoms with Crippen molar-refractivity contribution in [1.29, 1.82) is 0 Å². The third-order valence-corrected chi connectivity index (χ3v) is 2.99. The summed E-state index contributed by atoms with van der Waals surface area (Å²) in [5.74, 6) is 0. The van der Waals surface area contributed by atoms with Crippen LogP contribution in [0.25, 0.3) is 0 Å². The quantitative estimate of drug-likeness (QED) is 0.761. The lowest BCUT2D eigenvalue weighted by atomic mass is 9.93. The van der Waals surface area contributed by atoms with E-state index < -0.39 is 18.2 Å². The van der Waals surface area contributed by atoms with Crippen molar-refractivity contribution >= 4 is 6.09 Å². The normalized spacial score (nSPS) is 25.4. The fraction of sp³-hybridized carbons (Fsp3) is 0.417. The zero-order valence-corrected chi connectivity index (χ0v) is 8.91. The Morgan fingerprint density at radius 2 is 2.00 bits per heavy atom. The smallest absolute Gasteiger partial charge is 0.407 e. The van der Waals surface area contributed by atoms with E-state index in [4.69, 9.17) is 5.11 Å². The van der Waals surface area contributed by atoms with Gasteiger partial charge in [0.05, 0.1) is 12.1 Å². The predicted molar refractivity (Wildman–Crippen MR) is 59.2 cm³/mol. The summed E-state index contributed by atoms with van der Waals surface area (Å²) in [7, 11) is 0. The SMILES string of the molecule is O=C(O)N1CCCC(O)C1c1ccccc1. The number of piperidine rings is 1. The number of benzene rings is 1. The molecule has 2 unspecified atom stereocenters. The van der Waals surface area contributed by atoms with Gasteiger partial charge in [-0.3, -0.25) is 4.90 Å². The molecular formula is C12H15NO3. The number of aliphatic hydroxyl groups is 1.